The molecular weight excluding hydrogens is 412 g/mol. The normalized spacial score (nSPS) is 11.6. The SMILES string of the molecule is Cc1ccc(S(N)(=O)=O)cc1NCc1cc(Br)c(Br)o1. The van der Waals surface area contributed by atoms with Crippen molar-refractivity contribution in [2.45, 2.75) is 18.4 Å². The maximum atomic E-state index is 11.3. The van der Waals surface area contributed by atoms with Crippen molar-refractivity contribution in [1.29, 1.82) is 0 Å². The summed E-state index contributed by atoms with van der Waals surface area (Å²) in [7, 11) is -3.71. The molecule has 8 heteroatoms. The number of hydrogen-bond acceptors (Lipinski definition) is 4. The summed E-state index contributed by atoms with van der Waals surface area (Å²) >= 11 is 6.59. The minimum Gasteiger partial charge on any atom is -0.451 e. The van der Waals surface area contributed by atoms with E-state index in [1.54, 1.807) is 6.07 Å². The quantitative estimate of drug-likeness (QED) is 0.789. The minimum absolute atomic E-state index is 0.0763. The van der Waals surface area contributed by atoms with Crippen LogP contribution in [-0.2, 0) is 16.6 Å². The summed E-state index contributed by atoms with van der Waals surface area (Å²) in [6.45, 7) is 2.31. The molecule has 0 saturated carbocycles. The largest absolute Gasteiger partial charge is 0.451 e. The van der Waals surface area contributed by atoms with Gasteiger partial charge in [-0.1, -0.05) is 6.07 Å². The monoisotopic (exact) mass is 422 g/mol. The van der Waals surface area contributed by atoms with E-state index in [1.165, 1.54) is 12.1 Å². The van der Waals surface area contributed by atoms with E-state index in [-0.39, 0.29) is 4.90 Å². The summed E-state index contributed by atoms with van der Waals surface area (Å²) in [5.41, 5.74) is 1.61. The lowest BCUT2D eigenvalue weighted by Crippen LogP contribution is -2.12. The molecule has 2 aromatic rings. The molecule has 0 bridgehead atoms. The van der Waals surface area contributed by atoms with Crippen molar-refractivity contribution in [2.24, 2.45) is 5.14 Å². The molecule has 0 radical (unpaired) electrons. The zero-order valence-electron chi connectivity index (χ0n) is 10.5. The third-order valence-electron chi connectivity index (χ3n) is 2.69. The number of nitrogens with two attached hydrogens (primary N) is 1. The first-order valence-corrected chi connectivity index (χ1v) is 8.71. The van der Waals surface area contributed by atoms with Crippen LogP contribution < -0.4 is 10.5 Å². The van der Waals surface area contributed by atoms with Gasteiger partial charge in [-0.15, -0.1) is 0 Å². The number of primary sulfonamides is 1. The average Bonchev–Trinajstić information content (AvgIpc) is 2.66. The summed E-state index contributed by atoms with van der Waals surface area (Å²) in [5.74, 6) is 0.712. The van der Waals surface area contributed by atoms with Crippen LogP contribution in [0.2, 0.25) is 0 Å². The Bertz CT molecular complexity index is 722. The van der Waals surface area contributed by atoms with Crippen molar-refractivity contribution in [2.75, 3.05) is 5.32 Å². The molecule has 20 heavy (non-hydrogen) atoms. The summed E-state index contributed by atoms with van der Waals surface area (Å²) in [4.78, 5) is 0.0763. The molecule has 0 amide bonds. The van der Waals surface area contributed by atoms with Crippen molar-refractivity contribution in [3.05, 3.63) is 44.7 Å². The fourth-order valence-electron chi connectivity index (χ4n) is 1.63. The molecule has 1 aromatic heterocycles. The highest BCUT2D eigenvalue weighted by Gasteiger charge is 2.11. The summed E-state index contributed by atoms with van der Waals surface area (Å²) < 4.78 is 29.6. The number of nitrogens with one attached hydrogen (secondary N) is 1. The molecule has 0 aliphatic rings. The third-order valence-corrected chi connectivity index (χ3v) is 5.31. The van der Waals surface area contributed by atoms with Crippen LogP contribution in [0.25, 0.3) is 0 Å². The van der Waals surface area contributed by atoms with Crippen LogP contribution in [0.4, 0.5) is 5.69 Å². The number of rotatable bonds is 4. The maximum Gasteiger partial charge on any atom is 0.238 e. The number of furan rings is 1. The van der Waals surface area contributed by atoms with E-state index < -0.39 is 10.0 Å². The Morgan fingerprint density at radius 2 is 2.00 bits per heavy atom. The number of aryl methyl sites for hydroxylation is 1. The molecule has 2 rings (SSSR count). The van der Waals surface area contributed by atoms with Gasteiger partial charge in [-0.25, -0.2) is 13.6 Å². The molecule has 0 atom stereocenters. The smallest absolute Gasteiger partial charge is 0.238 e. The Balaban J connectivity index is 2.21. The average molecular weight is 424 g/mol. The lowest BCUT2D eigenvalue weighted by molar-refractivity contribution is 0.494. The number of benzene rings is 1. The predicted octanol–water partition coefficient (Wildman–Crippen LogP) is 3.37. The molecule has 1 aromatic carbocycles. The van der Waals surface area contributed by atoms with Crippen LogP contribution >= 0.6 is 31.9 Å². The Hall–Kier alpha value is -0.830. The summed E-state index contributed by atoms with van der Waals surface area (Å²) in [6, 6.07) is 6.53. The molecule has 0 aliphatic heterocycles. The van der Waals surface area contributed by atoms with E-state index in [2.05, 4.69) is 37.2 Å². The molecule has 0 unspecified atom stereocenters. The van der Waals surface area contributed by atoms with Crippen LogP contribution in [0, 0.1) is 6.92 Å². The van der Waals surface area contributed by atoms with Gasteiger partial charge in [0.05, 0.1) is 15.9 Å². The van der Waals surface area contributed by atoms with Crippen LogP contribution in [0.1, 0.15) is 11.3 Å². The highest BCUT2D eigenvalue weighted by molar-refractivity contribution is 9.13. The molecule has 0 fully saturated rings. The van der Waals surface area contributed by atoms with E-state index in [1.807, 2.05) is 13.0 Å². The lowest BCUT2D eigenvalue weighted by atomic mass is 10.2. The number of hydrogen-bond donors (Lipinski definition) is 2. The van der Waals surface area contributed by atoms with Gasteiger partial charge in [-0.2, -0.15) is 0 Å². The highest BCUT2D eigenvalue weighted by Crippen LogP contribution is 2.27. The second-order valence-corrected chi connectivity index (χ2v) is 7.35. The van der Waals surface area contributed by atoms with Crippen molar-refractivity contribution < 1.29 is 12.8 Å². The maximum absolute atomic E-state index is 11.3. The molecule has 0 aliphatic carbocycles. The van der Waals surface area contributed by atoms with E-state index in [4.69, 9.17) is 9.56 Å². The van der Waals surface area contributed by atoms with E-state index in [0.717, 1.165) is 10.0 Å². The van der Waals surface area contributed by atoms with Crippen LogP contribution in [0.15, 0.2) is 42.7 Å². The molecule has 5 nitrogen and oxygen atoms in total. The van der Waals surface area contributed by atoms with Crippen LogP contribution in [0.5, 0.6) is 0 Å². The first-order chi connectivity index (χ1) is 9.27. The van der Waals surface area contributed by atoms with Crippen molar-refractivity contribution >= 4 is 47.6 Å². The zero-order chi connectivity index (χ0) is 14.9. The fraction of sp³-hybridized carbons (Fsp3) is 0.167. The van der Waals surface area contributed by atoms with Crippen LogP contribution in [-0.4, -0.2) is 8.42 Å². The second kappa shape index (κ2) is 5.88. The van der Waals surface area contributed by atoms with Gasteiger partial charge < -0.3 is 9.73 Å². The van der Waals surface area contributed by atoms with Crippen molar-refractivity contribution in [1.82, 2.24) is 0 Å². The molecule has 3 N–H and O–H groups in total. The molecule has 108 valence electrons. The first-order valence-electron chi connectivity index (χ1n) is 5.58. The van der Waals surface area contributed by atoms with E-state index in [0.29, 0.717) is 22.7 Å². The van der Waals surface area contributed by atoms with Gasteiger partial charge >= 0.3 is 0 Å². The van der Waals surface area contributed by atoms with Gasteiger partial charge in [0.15, 0.2) is 4.67 Å². The van der Waals surface area contributed by atoms with Gasteiger partial charge in [-0.3, -0.25) is 0 Å². The van der Waals surface area contributed by atoms with Gasteiger partial charge in [0.1, 0.15) is 5.76 Å². The Labute approximate surface area is 133 Å². The number of anilines is 1. The molecule has 0 saturated heterocycles. The molecule has 0 spiro atoms. The number of sulfonamides is 1. The van der Waals surface area contributed by atoms with E-state index >= 15 is 0 Å². The highest BCUT2D eigenvalue weighted by atomic mass is 79.9. The Morgan fingerprint density at radius 3 is 2.55 bits per heavy atom. The molecule has 1 heterocycles. The minimum atomic E-state index is -3.71. The third kappa shape index (κ3) is 3.63. The lowest BCUT2D eigenvalue weighted by Gasteiger charge is -2.09. The van der Waals surface area contributed by atoms with Crippen LogP contribution in [0.3, 0.4) is 0 Å². The second-order valence-electron chi connectivity index (χ2n) is 4.21. The van der Waals surface area contributed by atoms with Gasteiger partial charge in [0, 0.05) is 5.69 Å². The predicted molar refractivity (Wildman–Crippen MR) is 84.0 cm³/mol. The van der Waals surface area contributed by atoms with Gasteiger partial charge in [-0.05, 0) is 62.5 Å². The van der Waals surface area contributed by atoms with E-state index in [9.17, 15) is 8.42 Å². The summed E-state index contributed by atoms with van der Waals surface area (Å²) in [6.07, 6.45) is 0. The summed E-state index contributed by atoms with van der Waals surface area (Å²) in [5, 5.41) is 8.25. The van der Waals surface area contributed by atoms with Gasteiger partial charge in [0.25, 0.3) is 0 Å². The van der Waals surface area contributed by atoms with Gasteiger partial charge in [0.2, 0.25) is 10.0 Å². The Kier molecular flexibility index (Phi) is 4.58. The van der Waals surface area contributed by atoms with Crippen molar-refractivity contribution in [3.8, 4) is 0 Å². The molecular formula is C12H12Br2N2O3S. The fourth-order valence-corrected chi connectivity index (χ4v) is 2.83. The zero-order valence-corrected chi connectivity index (χ0v) is 14.5. The van der Waals surface area contributed by atoms with Crippen molar-refractivity contribution in [3.63, 3.8) is 0 Å². The standard InChI is InChI=1S/C12H12Br2N2O3S/c1-7-2-3-9(20(15,17)18)5-11(7)16-6-8-4-10(13)12(14)19-8/h2-5,16H,6H2,1H3,(H2,15,17,18). The Morgan fingerprint density at radius 1 is 1.30 bits per heavy atom. The first kappa shape index (κ1) is 15.6. The topological polar surface area (TPSA) is 85.3 Å². The number of halogens is 2.